The SMILES string of the molecule is O=C(Cn1c(Cc2ccccc2)nc2ccccc21)Nc1ccc(Cl)cc1. The summed E-state index contributed by atoms with van der Waals surface area (Å²) in [6.07, 6.45) is 0.670. The molecule has 0 atom stereocenters. The topological polar surface area (TPSA) is 46.9 Å². The number of carbonyl (C=O) groups excluding carboxylic acids is 1. The second-order valence-electron chi connectivity index (χ2n) is 6.32. The summed E-state index contributed by atoms with van der Waals surface area (Å²) in [6.45, 7) is 0.200. The van der Waals surface area contributed by atoms with Gasteiger partial charge in [-0.2, -0.15) is 0 Å². The van der Waals surface area contributed by atoms with Crippen molar-refractivity contribution in [1.29, 1.82) is 0 Å². The predicted octanol–water partition coefficient (Wildman–Crippen LogP) is 4.92. The van der Waals surface area contributed by atoms with Crippen molar-refractivity contribution in [2.24, 2.45) is 0 Å². The van der Waals surface area contributed by atoms with Crippen molar-refractivity contribution in [2.75, 3.05) is 5.32 Å². The van der Waals surface area contributed by atoms with Crippen LogP contribution < -0.4 is 5.32 Å². The van der Waals surface area contributed by atoms with Gasteiger partial charge in [0.05, 0.1) is 11.0 Å². The molecule has 1 amide bonds. The van der Waals surface area contributed by atoms with E-state index in [0.29, 0.717) is 11.4 Å². The Balaban J connectivity index is 1.62. The lowest BCUT2D eigenvalue weighted by molar-refractivity contribution is -0.116. The summed E-state index contributed by atoms with van der Waals surface area (Å²) in [5.74, 6) is 0.767. The van der Waals surface area contributed by atoms with E-state index in [2.05, 4.69) is 17.4 Å². The average molecular weight is 376 g/mol. The van der Waals surface area contributed by atoms with Crippen molar-refractivity contribution in [2.45, 2.75) is 13.0 Å². The first-order chi connectivity index (χ1) is 13.2. The zero-order valence-electron chi connectivity index (χ0n) is 14.6. The quantitative estimate of drug-likeness (QED) is 0.538. The molecule has 0 bridgehead atoms. The van der Waals surface area contributed by atoms with E-state index in [-0.39, 0.29) is 12.5 Å². The molecule has 4 nitrogen and oxygen atoms in total. The largest absolute Gasteiger partial charge is 0.325 e. The van der Waals surface area contributed by atoms with Gasteiger partial charge in [0.25, 0.3) is 0 Å². The number of hydrogen-bond donors (Lipinski definition) is 1. The molecule has 1 aromatic heterocycles. The Morgan fingerprint density at radius 2 is 1.63 bits per heavy atom. The van der Waals surface area contributed by atoms with Gasteiger partial charge in [0.1, 0.15) is 12.4 Å². The van der Waals surface area contributed by atoms with Crippen LogP contribution >= 0.6 is 11.6 Å². The average Bonchev–Trinajstić information content (AvgIpc) is 3.01. The Morgan fingerprint density at radius 3 is 2.41 bits per heavy atom. The van der Waals surface area contributed by atoms with E-state index in [9.17, 15) is 4.79 Å². The van der Waals surface area contributed by atoms with Gasteiger partial charge in [0.15, 0.2) is 0 Å². The smallest absolute Gasteiger partial charge is 0.244 e. The van der Waals surface area contributed by atoms with Crippen LogP contribution in [-0.4, -0.2) is 15.5 Å². The van der Waals surface area contributed by atoms with Crippen molar-refractivity contribution in [3.8, 4) is 0 Å². The van der Waals surface area contributed by atoms with Crippen molar-refractivity contribution in [3.05, 3.63) is 95.3 Å². The molecule has 0 radical (unpaired) electrons. The van der Waals surface area contributed by atoms with E-state index in [4.69, 9.17) is 16.6 Å². The minimum atomic E-state index is -0.102. The number of rotatable bonds is 5. The van der Waals surface area contributed by atoms with Gasteiger partial charge in [0.2, 0.25) is 5.91 Å². The second-order valence-corrected chi connectivity index (χ2v) is 6.76. The maximum absolute atomic E-state index is 12.6. The highest BCUT2D eigenvalue weighted by atomic mass is 35.5. The Labute approximate surface area is 162 Å². The van der Waals surface area contributed by atoms with Crippen LogP contribution in [0.15, 0.2) is 78.9 Å². The summed E-state index contributed by atoms with van der Waals surface area (Å²) in [4.78, 5) is 17.4. The molecule has 4 rings (SSSR count). The molecule has 1 heterocycles. The molecule has 5 heteroatoms. The molecule has 134 valence electrons. The fourth-order valence-corrected chi connectivity index (χ4v) is 3.22. The molecular weight excluding hydrogens is 358 g/mol. The molecule has 0 saturated heterocycles. The van der Waals surface area contributed by atoms with Gasteiger partial charge in [-0.15, -0.1) is 0 Å². The number of amides is 1. The Morgan fingerprint density at radius 1 is 0.926 bits per heavy atom. The van der Waals surface area contributed by atoms with Crippen LogP contribution in [0.25, 0.3) is 11.0 Å². The number of carbonyl (C=O) groups is 1. The highest BCUT2D eigenvalue weighted by Gasteiger charge is 2.14. The van der Waals surface area contributed by atoms with E-state index in [1.807, 2.05) is 47.0 Å². The molecule has 0 aliphatic carbocycles. The Kier molecular flexibility index (Phi) is 4.90. The van der Waals surface area contributed by atoms with Gasteiger partial charge >= 0.3 is 0 Å². The van der Waals surface area contributed by atoms with Gasteiger partial charge in [-0.1, -0.05) is 54.1 Å². The lowest BCUT2D eigenvalue weighted by Crippen LogP contribution is -2.20. The molecule has 27 heavy (non-hydrogen) atoms. The molecule has 0 unspecified atom stereocenters. The highest BCUT2D eigenvalue weighted by Crippen LogP contribution is 2.19. The van der Waals surface area contributed by atoms with Crippen molar-refractivity contribution < 1.29 is 4.79 Å². The first kappa shape index (κ1) is 17.3. The van der Waals surface area contributed by atoms with Crippen LogP contribution in [0.4, 0.5) is 5.69 Å². The van der Waals surface area contributed by atoms with Gasteiger partial charge < -0.3 is 9.88 Å². The van der Waals surface area contributed by atoms with Crippen LogP contribution in [0.5, 0.6) is 0 Å². The monoisotopic (exact) mass is 375 g/mol. The standard InChI is InChI=1S/C22H18ClN3O/c23-17-10-12-18(13-11-17)24-22(27)15-26-20-9-5-4-8-19(20)25-21(26)14-16-6-2-1-3-7-16/h1-13H,14-15H2,(H,24,27). The summed E-state index contributed by atoms with van der Waals surface area (Å²) < 4.78 is 1.98. The molecule has 0 spiro atoms. The minimum Gasteiger partial charge on any atom is -0.325 e. The number of benzene rings is 3. The molecule has 0 aliphatic heterocycles. The number of fused-ring (bicyclic) bond motifs is 1. The third kappa shape index (κ3) is 4.01. The van der Waals surface area contributed by atoms with Crippen molar-refractivity contribution >= 4 is 34.2 Å². The first-order valence-corrected chi connectivity index (χ1v) is 9.10. The van der Waals surface area contributed by atoms with Crippen LogP contribution in [0.2, 0.25) is 5.02 Å². The number of para-hydroxylation sites is 2. The molecule has 0 saturated carbocycles. The summed E-state index contributed by atoms with van der Waals surface area (Å²) in [7, 11) is 0. The number of nitrogens with zero attached hydrogens (tertiary/aromatic N) is 2. The van der Waals surface area contributed by atoms with E-state index in [0.717, 1.165) is 28.1 Å². The fraction of sp³-hybridized carbons (Fsp3) is 0.0909. The van der Waals surface area contributed by atoms with E-state index >= 15 is 0 Å². The van der Waals surface area contributed by atoms with E-state index in [1.54, 1.807) is 24.3 Å². The number of anilines is 1. The van der Waals surface area contributed by atoms with Crippen LogP contribution in [0.3, 0.4) is 0 Å². The minimum absolute atomic E-state index is 0.102. The summed E-state index contributed by atoms with van der Waals surface area (Å²) in [5.41, 5.74) is 3.73. The number of nitrogens with one attached hydrogen (secondary N) is 1. The summed E-state index contributed by atoms with van der Waals surface area (Å²) in [6, 6.07) is 25.1. The zero-order chi connectivity index (χ0) is 18.6. The predicted molar refractivity (Wildman–Crippen MR) is 109 cm³/mol. The molecule has 1 N–H and O–H groups in total. The van der Waals surface area contributed by atoms with E-state index < -0.39 is 0 Å². The highest BCUT2D eigenvalue weighted by molar-refractivity contribution is 6.30. The Hall–Kier alpha value is -3.11. The first-order valence-electron chi connectivity index (χ1n) is 8.72. The third-order valence-corrected chi connectivity index (χ3v) is 4.62. The zero-order valence-corrected chi connectivity index (χ0v) is 15.4. The number of imidazole rings is 1. The fourth-order valence-electron chi connectivity index (χ4n) is 3.09. The molecule has 0 aliphatic rings. The second kappa shape index (κ2) is 7.64. The molecular formula is C22H18ClN3O. The van der Waals surface area contributed by atoms with Crippen LogP contribution in [0.1, 0.15) is 11.4 Å². The third-order valence-electron chi connectivity index (χ3n) is 4.37. The molecule has 3 aromatic carbocycles. The molecule has 0 fully saturated rings. The van der Waals surface area contributed by atoms with E-state index in [1.165, 1.54) is 0 Å². The summed E-state index contributed by atoms with van der Waals surface area (Å²) >= 11 is 5.90. The van der Waals surface area contributed by atoms with Gasteiger partial charge in [0, 0.05) is 17.1 Å². The number of hydrogen-bond acceptors (Lipinski definition) is 2. The number of aromatic nitrogens is 2. The van der Waals surface area contributed by atoms with Crippen LogP contribution in [-0.2, 0) is 17.8 Å². The lowest BCUT2D eigenvalue weighted by atomic mass is 10.1. The number of halogens is 1. The maximum Gasteiger partial charge on any atom is 0.244 e. The molecule has 4 aromatic rings. The van der Waals surface area contributed by atoms with Gasteiger partial charge in [-0.3, -0.25) is 4.79 Å². The van der Waals surface area contributed by atoms with Crippen molar-refractivity contribution in [1.82, 2.24) is 9.55 Å². The van der Waals surface area contributed by atoms with Gasteiger partial charge in [-0.25, -0.2) is 4.98 Å². The maximum atomic E-state index is 12.6. The summed E-state index contributed by atoms with van der Waals surface area (Å²) in [5, 5.41) is 3.55. The lowest BCUT2D eigenvalue weighted by Gasteiger charge is -2.10. The van der Waals surface area contributed by atoms with Gasteiger partial charge in [-0.05, 0) is 42.0 Å². The normalized spacial score (nSPS) is 10.9. The Bertz CT molecular complexity index is 1070. The van der Waals surface area contributed by atoms with Crippen molar-refractivity contribution in [3.63, 3.8) is 0 Å². The van der Waals surface area contributed by atoms with Crippen LogP contribution in [0, 0.1) is 0 Å².